The summed E-state index contributed by atoms with van der Waals surface area (Å²) in [7, 11) is 1.65. The lowest BCUT2D eigenvalue weighted by Gasteiger charge is -2.35. The first-order valence-electron chi connectivity index (χ1n) is 8.95. The van der Waals surface area contributed by atoms with Crippen molar-refractivity contribution in [1.82, 2.24) is 20.4 Å². The lowest BCUT2D eigenvalue weighted by atomic mass is 10.0. The molecule has 8 heteroatoms. The second-order valence-corrected chi connectivity index (χ2v) is 6.39. The van der Waals surface area contributed by atoms with Gasteiger partial charge in [-0.1, -0.05) is 12.1 Å². The Morgan fingerprint density at radius 3 is 2.70 bits per heavy atom. The predicted molar refractivity (Wildman–Crippen MR) is 102 cm³/mol. The van der Waals surface area contributed by atoms with E-state index >= 15 is 0 Å². The number of nitrogens with zero attached hydrogens (tertiary/aromatic N) is 3. The largest absolute Gasteiger partial charge is 0.497 e. The molecule has 0 aliphatic carbocycles. The Bertz CT molecular complexity index is 747. The van der Waals surface area contributed by atoms with E-state index < -0.39 is 0 Å². The van der Waals surface area contributed by atoms with E-state index in [2.05, 4.69) is 25.7 Å². The first-order chi connectivity index (χ1) is 13.2. The highest BCUT2D eigenvalue weighted by molar-refractivity contribution is 5.88. The van der Waals surface area contributed by atoms with Crippen molar-refractivity contribution >= 4 is 11.8 Å². The maximum Gasteiger partial charge on any atom is 0.320 e. The van der Waals surface area contributed by atoms with Gasteiger partial charge in [0.15, 0.2) is 5.82 Å². The molecule has 2 aromatic rings. The summed E-state index contributed by atoms with van der Waals surface area (Å²) >= 11 is 0. The predicted octanol–water partition coefficient (Wildman–Crippen LogP) is 1.99. The molecular formula is C19H25N5O3. The first-order valence-corrected chi connectivity index (χ1v) is 8.95. The van der Waals surface area contributed by atoms with Gasteiger partial charge in [0.25, 0.3) is 0 Å². The summed E-state index contributed by atoms with van der Waals surface area (Å²) in [6.45, 7) is 5.40. The highest BCUT2D eigenvalue weighted by Crippen LogP contribution is 2.23. The number of anilines is 1. The number of hydrogen-bond acceptors (Lipinski definition) is 6. The molecule has 0 bridgehead atoms. The fourth-order valence-electron chi connectivity index (χ4n) is 3.05. The van der Waals surface area contributed by atoms with Crippen LogP contribution in [-0.4, -0.2) is 61.1 Å². The molecule has 1 fully saturated rings. The van der Waals surface area contributed by atoms with E-state index in [0.717, 1.165) is 30.0 Å². The zero-order valence-electron chi connectivity index (χ0n) is 15.6. The molecule has 1 aromatic carbocycles. The summed E-state index contributed by atoms with van der Waals surface area (Å²) in [5.74, 6) is 1.24. The van der Waals surface area contributed by atoms with Crippen LogP contribution in [0.3, 0.4) is 0 Å². The number of amides is 2. The maximum atomic E-state index is 12.3. The summed E-state index contributed by atoms with van der Waals surface area (Å²) in [5.41, 5.74) is 2.05. The summed E-state index contributed by atoms with van der Waals surface area (Å²) < 4.78 is 10.7. The van der Waals surface area contributed by atoms with E-state index in [1.807, 2.05) is 31.2 Å². The molecule has 0 spiro atoms. The molecule has 2 amide bonds. The smallest absolute Gasteiger partial charge is 0.320 e. The van der Waals surface area contributed by atoms with Gasteiger partial charge in [-0.25, -0.2) is 4.79 Å². The third-order valence-electron chi connectivity index (χ3n) is 4.48. The van der Waals surface area contributed by atoms with Crippen molar-refractivity contribution in [2.45, 2.75) is 13.0 Å². The van der Waals surface area contributed by atoms with Crippen LogP contribution in [-0.2, 0) is 4.74 Å². The van der Waals surface area contributed by atoms with Crippen molar-refractivity contribution < 1.29 is 14.3 Å². The summed E-state index contributed by atoms with van der Waals surface area (Å²) in [4.78, 5) is 14.6. The average Bonchev–Trinajstić information content (AvgIpc) is 2.69. The number of rotatable bonds is 6. The Morgan fingerprint density at radius 1 is 1.30 bits per heavy atom. The standard InChI is InChI=1S/C19H25N5O3/c1-14-11-18(23-21-12-14)22-19(25)20-13-17(24-7-9-27-10-8-24)15-3-5-16(26-2)6-4-15/h3-6,11-12,17H,7-10,13H2,1-2H3,(H2,20,22,23,25). The molecular weight excluding hydrogens is 346 g/mol. The molecule has 3 rings (SSSR count). The minimum atomic E-state index is -0.304. The third-order valence-corrected chi connectivity index (χ3v) is 4.48. The second-order valence-electron chi connectivity index (χ2n) is 6.39. The van der Waals surface area contributed by atoms with Crippen LogP contribution in [0.15, 0.2) is 36.5 Å². The highest BCUT2D eigenvalue weighted by atomic mass is 16.5. The zero-order valence-corrected chi connectivity index (χ0v) is 15.6. The summed E-state index contributed by atoms with van der Waals surface area (Å²) in [5, 5.41) is 13.4. The lowest BCUT2D eigenvalue weighted by molar-refractivity contribution is 0.0167. The molecule has 8 nitrogen and oxygen atoms in total. The topological polar surface area (TPSA) is 88.6 Å². The zero-order chi connectivity index (χ0) is 19.1. The van der Waals surface area contributed by atoms with E-state index in [9.17, 15) is 4.79 Å². The minimum absolute atomic E-state index is 0.0501. The van der Waals surface area contributed by atoms with Crippen LogP contribution in [0.2, 0.25) is 0 Å². The molecule has 1 aliphatic heterocycles. The van der Waals surface area contributed by atoms with E-state index in [-0.39, 0.29) is 12.1 Å². The number of carbonyl (C=O) groups excluding carboxylic acids is 1. The average molecular weight is 371 g/mol. The fourth-order valence-corrected chi connectivity index (χ4v) is 3.05. The van der Waals surface area contributed by atoms with Crippen LogP contribution in [0.5, 0.6) is 5.75 Å². The van der Waals surface area contributed by atoms with Crippen molar-refractivity contribution in [2.24, 2.45) is 0 Å². The molecule has 2 N–H and O–H groups in total. The van der Waals surface area contributed by atoms with Crippen molar-refractivity contribution in [2.75, 3.05) is 45.3 Å². The normalized spacial score (nSPS) is 15.8. The number of hydrogen-bond donors (Lipinski definition) is 2. The quantitative estimate of drug-likeness (QED) is 0.807. The van der Waals surface area contributed by atoms with Crippen LogP contribution in [0.4, 0.5) is 10.6 Å². The molecule has 27 heavy (non-hydrogen) atoms. The van der Waals surface area contributed by atoms with Gasteiger partial charge in [-0.15, -0.1) is 5.10 Å². The highest BCUT2D eigenvalue weighted by Gasteiger charge is 2.23. The van der Waals surface area contributed by atoms with Crippen molar-refractivity contribution in [3.63, 3.8) is 0 Å². The number of nitrogens with one attached hydrogen (secondary N) is 2. The molecule has 0 radical (unpaired) electrons. The SMILES string of the molecule is COc1ccc(C(CNC(=O)Nc2cc(C)cnn2)N2CCOCC2)cc1. The van der Waals surface area contributed by atoms with E-state index in [4.69, 9.17) is 9.47 Å². The molecule has 0 saturated carbocycles. The monoisotopic (exact) mass is 371 g/mol. The Balaban J connectivity index is 1.65. The number of aryl methyl sites for hydroxylation is 1. The van der Waals surface area contributed by atoms with Crippen LogP contribution < -0.4 is 15.4 Å². The summed E-state index contributed by atoms with van der Waals surface area (Å²) in [6.07, 6.45) is 1.64. The van der Waals surface area contributed by atoms with Crippen molar-refractivity contribution in [3.05, 3.63) is 47.7 Å². The van der Waals surface area contributed by atoms with Gasteiger partial charge in [0, 0.05) is 19.6 Å². The molecule has 1 aliphatic rings. The third kappa shape index (κ3) is 5.38. The fraction of sp³-hybridized carbons (Fsp3) is 0.421. The Kier molecular flexibility index (Phi) is 6.56. The lowest BCUT2D eigenvalue weighted by Crippen LogP contribution is -2.44. The van der Waals surface area contributed by atoms with Crippen LogP contribution in [0, 0.1) is 6.92 Å². The number of carbonyl (C=O) groups is 1. The summed E-state index contributed by atoms with van der Waals surface area (Å²) in [6, 6.07) is 9.46. The number of benzene rings is 1. The molecule has 1 aromatic heterocycles. The van der Waals surface area contributed by atoms with E-state index in [1.54, 1.807) is 19.4 Å². The Labute approximate surface area is 158 Å². The Hall–Kier alpha value is -2.71. The van der Waals surface area contributed by atoms with Gasteiger partial charge >= 0.3 is 6.03 Å². The Morgan fingerprint density at radius 2 is 2.04 bits per heavy atom. The van der Waals surface area contributed by atoms with Gasteiger partial charge in [-0.05, 0) is 36.2 Å². The van der Waals surface area contributed by atoms with Crippen LogP contribution >= 0.6 is 0 Å². The number of methoxy groups -OCH3 is 1. The van der Waals surface area contributed by atoms with E-state index in [0.29, 0.717) is 25.6 Å². The molecule has 1 saturated heterocycles. The van der Waals surface area contributed by atoms with Gasteiger partial charge in [0.2, 0.25) is 0 Å². The van der Waals surface area contributed by atoms with Crippen molar-refractivity contribution in [3.8, 4) is 5.75 Å². The van der Waals surface area contributed by atoms with Gasteiger partial charge in [0.05, 0.1) is 32.6 Å². The van der Waals surface area contributed by atoms with Crippen LogP contribution in [0.25, 0.3) is 0 Å². The number of ether oxygens (including phenoxy) is 2. The molecule has 1 atom stereocenters. The van der Waals surface area contributed by atoms with Gasteiger partial charge in [0.1, 0.15) is 5.75 Å². The molecule has 2 heterocycles. The van der Waals surface area contributed by atoms with Gasteiger partial charge in [-0.3, -0.25) is 10.2 Å². The van der Waals surface area contributed by atoms with Gasteiger partial charge < -0.3 is 14.8 Å². The first kappa shape index (κ1) is 19.1. The maximum absolute atomic E-state index is 12.3. The molecule has 1 unspecified atom stereocenters. The second kappa shape index (κ2) is 9.29. The minimum Gasteiger partial charge on any atom is -0.497 e. The number of morpholine rings is 1. The van der Waals surface area contributed by atoms with E-state index in [1.165, 1.54) is 0 Å². The van der Waals surface area contributed by atoms with Crippen LogP contribution in [0.1, 0.15) is 17.2 Å². The molecule has 144 valence electrons. The van der Waals surface area contributed by atoms with Crippen molar-refractivity contribution in [1.29, 1.82) is 0 Å². The van der Waals surface area contributed by atoms with Gasteiger partial charge in [-0.2, -0.15) is 5.10 Å². The number of aromatic nitrogens is 2. The number of urea groups is 1.